The lowest BCUT2D eigenvalue weighted by molar-refractivity contribution is -0.148. The van der Waals surface area contributed by atoms with Crippen LogP contribution in [0.5, 0.6) is 0 Å². The third-order valence-electron chi connectivity index (χ3n) is 3.36. The molecule has 18 heavy (non-hydrogen) atoms. The van der Waals surface area contributed by atoms with Gasteiger partial charge in [0.25, 0.3) is 5.91 Å². The van der Waals surface area contributed by atoms with Crippen LogP contribution in [-0.2, 0) is 4.79 Å². The molecule has 1 aromatic heterocycles. The molecule has 0 aromatic carbocycles. The van der Waals surface area contributed by atoms with Gasteiger partial charge in [0.05, 0.1) is 5.41 Å². The second kappa shape index (κ2) is 4.93. The maximum Gasteiger partial charge on any atom is 0.311 e. The molecule has 0 aliphatic heterocycles. The first kappa shape index (κ1) is 12.8. The first-order chi connectivity index (χ1) is 8.53. The van der Waals surface area contributed by atoms with E-state index >= 15 is 0 Å². The molecule has 1 amide bonds. The van der Waals surface area contributed by atoms with E-state index in [0.717, 1.165) is 12.8 Å². The standard InChI is InChI=1S/C11H15N3O3S/c12-10-14-7(5-18-10)8(15)13-6-11(9(16)17)3-1-2-4-11/h5H,1-4,6H2,(H2,12,14)(H,13,15)(H,16,17). The lowest BCUT2D eigenvalue weighted by atomic mass is 9.86. The van der Waals surface area contributed by atoms with Crippen molar-refractivity contribution < 1.29 is 14.7 Å². The van der Waals surface area contributed by atoms with E-state index in [0.29, 0.717) is 18.0 Å². The fraction of sp³-hybridized carbons (Fsp3) is 0.545. The summed E-state index contributed by atoms with van der Waals surface area (Å²) in [5.74, 6) is -1.20. The number of carboxylic acids is 1. The maximum atomic E-state index is 11.8. The van der Waals surface area contributed by atoms with Gasteiger partial charge in [-0.05, 0) is 12.8 Å². The lowest BCUT2D eigenvalue weighted by Crippen LogP contribution is -2.41. The van der Waals surface area contributed by atoms with Crippen LogP contribution in [0.2, 0.25) is 0 Å². The van der Waals surface area contributed by atoms with Crippen LogP contribution in [0.1, 0.15) is 36.2 Å². The van der Waals surface area contributed by atoms with E-state index in [4.69, 9.17) is 5.73 Å². The number of amides is 1. The molecule has 0 radical (unpaired) electrons. The highest BCUT2D eigenvalue weighted by Crippen LogP contribution is 2.37. The van der Waals surface area contributed by atoms with Crippen molar-refractivity contribution in [2.24, 2.45) is 5.41 Å². The highest BCUT2D eigenvalue weighted by molar-refractivity contribution is 7.13. The zero-order valence-corrected chi connectivity index (χ0v) is 10.6. The van der Waals surface area contributed by atoms with E-state index in [9.17, 15) is 14.7 Å². The largest absolute Gasteiger partial charge is 0.481 e. The van der Waals surface area contributed by atoms with Crippen molar-refractivity contribution in [3.63, 3.8) is 0 Å². The van der Waals surface area contributed by atoms with Crippen molar-refractivity contribution >= 4 is 28.3 Å². The molecule has 98 valence electrons. The minimum atomic E-state index is -0.835. The minimum absolute atomic E-state index is 0.151. The van der Waals surface area contributed by atoms with Crippen LogP contribution in [0.15, 0.2) is 5.38 Å². The number of nitrogens with two attached hydrogens (primary N) is 1. The second-order valence-electron chi connectivity index (χ2n) is 4.55. The van der Waals surface area contributed by atoms with Gasteiger partial charge in [0.1, 0.15) is 5.69 Å². The number of hydrogen-bond acceptors (Lipinski definition) is 5. The van der Waals surface area contributed by atoms with Crippen LogP contribution in [0.4, 0.5) is 5.13 Å². The Hall–Kier alpha value is -1.63. The monoisotopic (exact) mass is 269 g/mol. The van der Waals surface area contributed by atoms with Crippen molar-refractivity contribution in [1.82, 2.24) is 10.3 Å². The van der Waals surface area contributed by atoms with Gasteiger partial charge in [0.15, 0.2) is 5.13 Å². The van der Waals surface area contributed by atoms with Gasteiger partial charge < -0.3 is 16.2 Å². The predicted molar refractivity (Wildman–Crippen MR) is 67.4 cm³/mol. The van der Waals surface area contributed by atoms with Crippen LogP contribution < -0.4 is 11.1 Å². The van der Waals surface area contributed by atoms with Crippen LogP contribution in [-0.4, -0.2) is 28.5 Å². The molecule has 0 bridgehead atoms. The van der Waals surface area contributed by atoms with Gasteiger partial charge in [0, 0.05) is 11.9 Å². The zero-order valence-electron chi connectivity index (χ0n) is 9.81. The molecule has 1 heterocycles. The molecule has 1 saturated carbocycles. The lowest BCUT2D eigenvalue weighted by Gasteiger charge is -2.23. The molecule has 1 aromatic rings. The van der Waals surface area contributed by atoms with Crippen LogP contribution in [0.3, 0.4) is 0 Å². The summed E-state index contributed by atoms with van der Waals surface area (Å²) in [5.41, 5.74) is 4.88. The van der Waals surface area contributed by atoms with Gasteiger partial charge in [0.2, 0.25) is 0 Å². The highest BCUT2D eigenvalue weighted by atomic mass is 32.1. The number of nitrogen functional groups attached to an aromatic ring is 1. The smallest absolute Gasteiger partial charge is 0.311 e. The Morgan fingerprint density at radius 1 is 1.50 bits per heavy atom. The Morgan fingerprint density at radius 2 is 2.17 bits per heavy atom. The molecule has 0 unspecified atom stereocenters. The number of hydrogen-bond donors (Lipinski definition) is 3. The van der Waals surface area contributed by atoms with E-state index in [-0.39, 0.29) is 18.1 Å². The van der Waals surface area contributed by atoms with Gasteiger partial charge in [-0.3, -0.25) is 9.59 Å². The maximum absolute atomic E-state index is 11.8. The number of nitrogens with one attached hydrogen (secondary N) is 1. The molecule has 1 fully saturated rings. The SMILES string of the molecule is Nc1nc(C(=O)NCC2(C(=O)O)CCCC2)cs1. The molecule has 0 atom stereocenters. The molecular weight excluding hydrogens is 254 g/mol. The number of aliphatic carboxylic acids is 1. The zero-order chi connectivity index (χ0) is 13.2. The van der Waals surface area contributed by atoms with E-state index in [1.165, 1.54) is 11.3 Å². The minimum Gasteiger partial charge on any atom is -0.481 e. The van der Waals surface area contributed by atoms with Gasteiger partial charge in [-0.1, -0.05) is 12.8 Å². The second-order valence-corrected chi connectivity index (χ2v) is 5.44. The van der Waals surface area contributed by atoms with Crippen LogP contribution in [0.25, 0.3) is 0 Å². The summed E-state index contributed by atoms with van der Waals surface area (Å²) >= 11 is 1.19. The first-order valence-corrected chi connectivity index (χ1v) is 6.64. The summed E-state index contributed by atoms with van der Waals surface area (Å²) in [4.78, 5) is 26.9. The summed E-state index contributed by atoms with van der Waals surface area (Å²) in [5, 5.41) is 13.8. The van der Waals surface area contributed by atoms with Crippen LogP contribution >= 0.6 is 11.3 Å². The number of nitrogens with zero attached hydrogens (tertiary/aromatic N) is 1. The number of carbonyl (C=O) groups is 2. The molecule has 4 N–H and O–H groups in total. The molecule has 1 aliphatic carbocycles. The molecule has 0 saturated heterocycles. The predicted octanol–water partition coefficient (Wildman–Crippen LogP) is 1.10. The normalized spacial score (nSPS) is 17.6. The van der Waals surface area contributed by atoms with Gasteiger partial charge >= 0.3 is 5.97 Å². The summed E-state index contributed by atoms with van der Waals surface area (Å²) in [6.45, 7) is 0.151. The van der Waals surface area contributed by atoms with Crippen molar-refractivity contribution in [3.05, 3.63) is 11.1 Å². The van der Waals surface area contributed by atoms with Crippen molar-refractivity contribution in [2.75, 3.05) is 12.3 Å². The quantitative estimate of drug-likeness (QED) is 0.759. The summed E-state index contributed by atoms with van der Waals surface area (Å²) in [6, 6.07) is 0. The summed E-state index contributed by atoms with van der Waals surface area (Å²) < 4.78 is 0. The summed E-state index contributed by atoms with van der Waals surface area (Å²) in [7, 11) is 0. The average Bonchev–Trinajstić information content (AvgIpc) is 2.95. The topological polar surface area (TPSA) is 105 Å². The number of anilines is 1. The average molecular weight is 269 g/mol. The van der Waals surface area contributed by atoms with Crippen molar-refractivity contribution in [1.29, 1.82) is 0 Å². The van der Waals surface area contributed by atoms with Crippen LogP contribution in [0, 0.1) is 5.41 Å². The highest BCUT2D eigenvalue weighted by Gasteiger charge is 2.41. The summed E-state index contributed by atoms with van der Waals surface area (Å²) in [6.07, 6.45) is 3.02. The number of carbonyl (C=O) groups excluding carboxylic acids is 1. The van der Waals surface area contributed by atoms with Crippen molar-refractivity contribution in [2.45, 2.75) is 25.7 Å². The molecule has 1 aliphatic rings. The third kappa shape index (κ3) is 2.45. The fourth-order valence-corrected chi connectivity index (χ4v) is 2.79. The van der Waals surface area contributed by atoms with E-state index < -0.39 is 11.4 Å². The van der Waals surface area contributed by atoms with Gasteiger partial charge in [-0.15, -0.1) is 11.3 Å². The van der Waals surface area contributed by atoms with Gasteiger partial charge in [-0.25, -0.2) is 4.98 Å². The number of rotatable bonds is 4. The number of carboxylic acid groups (broad SMARTS) is 1. The third-order valence-corrected chi connectivity index (χ3v) is 4.03. The number of thiazole rings is 1. The van der Waals surface area contributed by atoms with E-state index in [1.54, 1.807) is 5.38 Å². The Kier molecular flexibility index (Phi) is 3.51. The molecule has 6 nitrogen and oxygen atoms in total. The van der Waals surface area contributed by atoms with Crippen molar-refractivity contribution in [3.8, 4) is 0 Å². The molecule has 2 rings (SSSR count). The molecule has 7 heteroatoms. The Balaban J connectivity index is 1.98. The van der Waals surface area contributed by atoms with E-state index in [1.807, 2.05) is 0 Å². The Morgan fingerprint density at radius 3 is 2.67 bits per heavy atom. The fourth-order valence-electron chi connectivity index (χ4n) is 2.25. The Labute approximate surface area is 108 Å². The van der Waals surface area contributed by atoms with E-state index in [2.05, 4.69) is 10.3 Å². The van der Waals surface area contributed by atoms with Gasteiger partial charge in [-0.2, -0.15) is 0 Å². The molecule has 0 spiro atoms. The first-order valence-electron chi connectivity index (χ1n) is 5.76. The number of aromatic nitrogens is 1. The molecular formula is C11H15N3O3S. The Bertz CT molecular complexity index is 466.